The van der Waals surface area contributed by atoms with Gasteiger partial charge in [-0.1, -0.05) is 25.7 Å². The molecule has 3 rings (SSSR count). The van der Waals surface area contributed by atoms with Gasteiger partial charge in [0.05, 0.1) is 24.4 Å². The van der Waals surface area contributed by atoms with E-state index in [0.717, 1.165) is 65.0 Å². The lowest BCUT2D eigenvalue weighted by Crippen LogP contribution is -2.37. The summed E-state index contributed by atoms with van der Waals surface area (Å²) in [5.41, 5.74) is 0. The Kier molecular flexibility index (Phi) is 6.99. The van der Waals surface area contributed by atoms with E-state index in [2.05, 4.69) is 0 Å². The Labute approximate surface area is 134 Å². The number of hydrogen-bond acceptors (Lipinski definition) is 4. The second kappa shape index (κ2) is 9.21. The van der Waals surface area contributed by atoms with Crippen molar-refractivity contribution >= 4 is 0 Å². The molecule has 3 aliphatic rings. The first-order valence-electron chi connectivity index (χ1n) is 9.40. The van der Waals surface area contributed by atoms with E-state index in [1.165, 1.54) is 25.7 Å². The third kappa shape index (κ3) is 4.92. The first-order chi connectivity index (χ1) is 10.9. The van der Waals surface area contributed by atoms with Crippen LogP contribution in [0.15, 0.2) is 0 Å². The minimum atomic E-state index is 0.292. The lowest BCUT2D eigenvalue weighted by molar-refractivity contribution is -0.123. The predicted molar refractivity (Wildman–Crippen MR) is 85.1 cm³/mol. The summed E-state index contributed by atoms with van der Waals surface area (Å²) in [4.78, 5) is 0. The van der Waals surface area contributed by atoms with Crippen molar-refractivity contribution in [2.24, 2.45) is 0 Å². The summed E-state index contributed by atoms with van der Waals surface area (Å²) < 4.78 is 24.4. The Hall–Kier alpha value is -0.160. The highest BCUT2D eigenvalue weighted by molar-refractivity contribution is 4.78. The molecule has 1 aliphatic heterocycles. The lowest BCUT2D eigenvalue weighted by Gasteiger charge is -2.33. The molecule has 22 heavy (non-hydrogen) atoms. The molecule has 4 heteroatoms. The molecule has 128 valence electrons. The molecule has 2 saturated carbocycles. The van der Waals surface area contributed by atoms with Gasteiger partial charge in [0.2, 0.25) is 0 Å². The number of fused-ring (bicyclic) bond motifs is 2. The summed E-state index contributed by atoms with van der Waals surface area (Å²) >= 11 is 0. The van der Waals surface area contributed by atoms with E-state index in [1.54, 1.807) is 0 Å². The van der Waals surface area contributed by atoms with Crippen molar-refractivity contribution in [1.82, 2.24) is 0 Å². The third-order valence-corrected chi connectivity index (χ3v) is 5.19. The maximum absolute atomic E-state index is 6.09. The van der Waals surface area contributed by atoms with Crippen LogP contribution in [-0.4, -0.2) is 50.8 Å². The Bertz CT molecular complexity index is 251. The van der Waals surface area contributed by atoms with Gasteiger partial charge in [-0.25, -0.2) is 0 Å². The van der Waals surface area contributed by atoms with Crippen molar-refractivity contribution < 1.29 is 18.9 Å². The molecular weight excluding hydrogens is 280 g/mol. The first kappa shape index (κ1) is 16.7. The minimum Gasteiger partial charge on any atom is -0.375 e. The summed E-state index contributed by atoms with van der Waals surface area (Å²) in [6.45, 7) is 3.18. The van der Waals surface area contributed by atoms with E-state index in [-0.39, 0.29) is 0 Å². The molecule has 4 atom stereocenters. The molecule has 0 amide bonds. The normalized spacial score (nSPS) is 39.3. The van der Waals surface area contributed by atoms with E-state index in [1.807, 2.05) is 0 Å². The van der Waals surface area contributed by atoms with Crippen LogP contribution in [0.25, 0.3) is 0 Å². The summed E-state index contributed by atoms with van der Waals surface area (Å²) in [6, 6.07) is 0. The van der Waals surface area contributed by atoms with Crippen molar-refractivity contribution in [2.45, 2.75) is 88.6 Å². The number of ether oxygens (including phenoxy) is 4. The van der Waals surface area contributed by atoms with Crippen LogP contribution in [0.2, 0.25) is 0 Å². The van der Waals surface area contributed by atoms with E-state index in [4.69, 9.17) is 18.9 Å². The van der Waals surface area contributed by atoms with Crippen LogP contribution in [0.1, 0.15) is 64.2 Å². The van der Waals surface area contributed by atoms with Gasteiger partial charge in [0, 0.05) is 26.4 Å². The predicted octanol–water partition coefficient (Wildman–Crippen LogP) is 3.47. The van der Waals surface area contributed by atoms with Crippen LogP contribution in [0.4, 0.5) is 0 Å². The second-order valence-corrected chi connectivity index (χ2v) is 6.91. The molecule has 0 aromatic heterocycles. The van der Waals surface area contributed by atoms with Crippen molar-refractivity contribution in [3.63, 3.8) is 0 Å². The summed E-state index contributed by atoms with van der Waals surface area (Å²) in [6.07, 6.45) is 12.8. The lowest BCUT2D eigenvalue weighted by atomic mass is 9.94. The zero-order valence-electron chi connectivity index (χ0n) is 13.8. The molecule has 0 spiro atoms. The van der Waals surface area contributed by atoms with Gasteiger partial charge in [-0.15, -0.1) is 0 Å². The SMILES string of the molecule is C1CO[C@H]2CCCC[C@@H]2OCCCO[C@@H]2CCCC[C@@H]2OC1. The average molecular weight is 312 g/mol. The number of hydrogen-bond donors (Lipinski definition) is 0. The molecule has 0 radical (unpaired) electrons. The van der Waals surface area contributed by atoms with E-state index in [9.17, 15) is 0 Å². The molecule has 1 heterocycles. The zero-order valence-corrected chi connectivity index (χ0v) is 13.8. The summed E-state index contributed by atoms with van der Waals surface area (Å²) in [7, 11) is 0. The van der Waals surface area contributed by atoms with Crippen LogP contribution in [0.3, 0.4) is 0 Å². The monoisotopic (exact) mass is 312 g/mol. The fourth-order valence-corrected chi connectivity index (χ4v) is 3.94. The van der Waals surface area contributed by atoms with Crippen LogP contribution < -0.4 is 0 Å². The highest BCUT2D eigenvalue weighted by Gasteiger charge is 2.28. The van der Waals surface area contributed by atoms with E-state index in [0.29, 0.717) is 24.4 Å². The Morgan fingerprint density at radius 1 is 0.364 bits per heavy atom. The maximum Gasteiger partial charge on any atom is 0.0836 e. The fourth-order valence-electron chi connectivity index (χ4n) is 3.94. The Morgan fingerprint density at radius 3 is 0.909 bits per heavy atom. The largest absolute Gasteiger partial charge is 0.375 e. The second-order valence-electron chi connectivity index (χ2n) is 6.91. The third-order valence-electron chi connectivity index (χ3n) is 5.19. The Balaban J connectivity index is 1.50. The van der Waals surface area contributed by atoms with Crippen LogP contribution in [0, 0.1) is 0 Å². The molecule has 1 saturated heterocycles. The highest BCUT2D eigenvalue weighted by Crippen LogP contribution is 2.26. The molecule has 3 fully saturated rings. The van der Waals surface area contributed by atoms with Gasteiger partial charge in [-0.3, -0.25) is 0 Å². The molecule has 0 unspecified atom stereocenters. The van der Waals surface area contributed by atoms with Gasteiger partial charge < -0.3 is 18.9 Å². The molecule has 0 N–H and O–H groups in total. The molecule has 0 aromatic carbocycles. The van der Waals surface area contributed by atoms with Crippen molar-refractivity contribution in [3.05, 3.63) is 0 Å². The van der Waals surface area contributed by atoms with Gasteiger partial charge in [0.15, 0.2) is 0 Å². The molecule has 4 nitrogen and oxygen atoms in total. The van der Waals surface area contributed by atoms with E-state index >= 15 is 0 Å². The topological polar surface area (TPSA) is 36.9 Å². The van der Waals surface area contributed by atoms with Gasteiger partial charge in [0.1, 0.15) is 0 Å². The Morgan fingerprint density at radius 2 is 0.636 bits per heavy atom. The number of rotatable bonds is 0. The smallest absolute Gasteiger partial charge is 0.0836 e. The van der Waals surface area contributed by atoms with Crippen LogP contribution in [0.5, 0.6) is 0 Å². The molecular formula is C18H32O4. The maximum atomic E-state index is 6.09. The molecule has 0 bridgehead atoms. The first-order valence-corrected chi connectivity index (χ1v) is 9.40. The van der Waals surface area contributed by atoms with Crippen molar-refractivity contribution in [2.75, 3.05) is 26.4 Å². The summed E-state index contributed by atoms with van der Waals surface area (Å²) in [5, 5.41) is 0. The van der Waals surface area contributed by atoms with Crippen molar-refractivity contribution in [1.29, 1.82) is 0 Å². The summed E-state index contributed by atoms with van der Waals surface area (Å²) in [5.74, 6) is 0. The van der Waals surface area contributed by atoms with E-state index < -0.39 is 0 Å². The van der Waals surface area contributed by atoms with Crippen LogP contribution >= 0.6 is 0 Å². The van der Waals surface area contributed by atoms with Crippen LogP contribution in [-0.2, 0) is 18.9 Å². The van der Waals surface area contributed by atoms with Gasteiger partial charge in [-0.2, -0.15) is 0 Å². The van der Waals surface area contributed by atoms with Gasteiger partial charge >= 0.3 is 0 Å². The quantitative estimate of drug-likeness (QED) is 0.686. The van der Waals surface area contributed by atoms with Gasteiger partial charge in [-0.05, 0) is 38.5 Å². The van der Waals surface area contributed by atoms with Crippen molar-refractivity contribution in [3.8, 4) is 0 Å². The zero-order chi connectivity index (χ0) is 15.0. The standard InChI is InChI=1S/C18H32O4/c1-2-8-16-15(7-1)19-11-5-13-21-17-9-3-4-10-18(17)22-14-6-12-20-16/h15-18H,1-14H2/t15-,16-,17-,18+/m0/s1. The average Bonchev–Trinajstić information content (AvgIpc) is 2.56. The molecule has 2 aliphatic carbocycles. The fraction of sp³-hybridized carbons (Fsp3) is 1.00. The highest BCUT2D eigenvalue weighted by atomic mass is 16.6. The molecule has 0 aromatic rings. The van der Waals surface area contributed by atoms with Gasteiger partial charge in [0.25, 0.3) is 0 Å². The minimum absolute atomic E-state index is 0.292.